The molecule has 1 saturated carbocycles. The van der Waals surface area contributed by atoms with Crippen molar-refractivity contribution < 1.29 is 4.79 Å². The molecule has 2 heterocycles. The van der Waals surface area contributed by atoms with Crippen molar-refractivity contribution in [2.24, 2.45) is 5.92 Å². The average molecular weight is 330 g/mol. The molecule has 24 heavy (non-hydrogen) atoms. The second kappa shape index (κ2) is 7.97. The van der Waals surface area contributed by atoms with Gasteiger partial charge in [0, 0.05) is 45.1 Å². The molecule has 2 aliphatic rings. The quantitative estimate of drug-likeness (QED) is 0.903. The third-order valence-corrected chi connectivity index (χ3v) is 5.68. The van der Waals surface area contributed by atoms with E-state index in [1.807, 2.05) is 19.2 Å². The molecule has 0 bridgehead atoms. The minimum Gasteiger partial charge on any atom is -0.334 e. The van der Waals surface area contributed by atoms with Crippen LogP contribution >= 0.6 is 0 Å². The van der Waals surface area contributed by atoms with Crippen molar-refractivity contribution in [3.63, 3.8) is 0 Å². The number of nitrogens with zero attached hydrogens (tertiary/aromatic N) is 3. The Balaban J connectivity index is 1.46. The lowest BCUT2D eigenvalue weighted by molar-refractivity contribution is 0.189. The lowest BCUT2D eigenvalue weighted by atomic mass is 10.1. The molecule has 5 nitrogen and oxygen atoms in total. The number of hydrogen-bond donors (Lipinski definition) is 1. The molecular formula is C19H30N4O. The van der Waals surface area contributed by atoms with Crippen LogP contribution in [0, 0.1) is 5.92 Å². The zero-order chi connectivity index (χ0) is 16.9. The Bertz CT molecular complexity index is 529. The second-order valence-electron chi connectivity index (χ2n) is 7.41. The maximum absolute atomic E-state index is 12.5. The van der Waals surface area contributed by atoms with Crippen LogP contribution in [-0.4, -0.2) is 53.5 Å². The number of amides is 2. The van der Waals surface area contributed by atoms with Gasteiger partial charge in [0.2, 0.25) is 0 Å². The van der Waals surface area contributed by atoms with Gasteiger partial charge in [-0.1, -0.05) is 12.8 Å². The number of pyridine rings is 1. The fraction of sp³-hybridized carbons (Fsp3) is 0.684. The Hall–Kier alpha value is -1.62. The van der Waals surface area contributed by atoms with Crippen molar-refractivity contribution in [1.82, 2.24) is 20.1 Å². The molecule has 1 saturated heterocycles. The highest BCUT2D eigenvalue weighted by Gasteiger charge is 2.28. The van der Waals surface area contributed by atoms with E-state index in [0.717, 1.165) is 31.0 Å². The Morgan fingerprint density at radius 2 is 2.04 bits per heavy atom. The molecule has 0 aromatic carbocycles. The van der Waals surface area contributed by atoms with E-state index < -0.39 is 0 Å². The van der Waals surface area contributed by atoms with Crippen LogP contribution in [0.25, 0.3) is 0 Å². The first kappa shape index (κ1) is 17.2. The molecule has 132 valence electrons. The predicted molar refractivity (Wildman–Crippen MR) is 95.7 cm³/mol. The van der Waals surface area contributed by atoms with E-state index in [2.05, 4.69) is 22.1 Å². The number of rotatable bonds is 5. The van der Waals surface area contributed by atoms with Gasteiger partial charge in [-0.15, -0.1) is 0 Å². The fourth-order valence-electron chi connectivity index (χ4n) is 3.99. The Morgan fingerprint density at radius 1 is 1.33 bits per heavy atom. The van der Waals surface area contributed by atoms with Gasteiger partial charge in [0.1, 0.15) is 0 Å². The topological polar surface area (TPSA) is 48.5 Å². The summed E-state index contributed by atoms with van der Waals surface area (Å²) in [6.07, 6.45) is 10.2. The number of nitrogens with one attached hydrogen (secondary N) is 1. The fourth-order valence-corrected chi connectivity index (χ4v) is 3.99. The van der Waals surface area contributed by atoms with Crippen molar-refractivity contribution in [2.45, 2.75) is 51.1 Å². The van der Waals surface area contributed by atoms with Crippen molar-refractivity contribution in [3.8, 4) is 0 Å². The summed E-state index contributed by atoms with van der Waals surface area (Å²) in [5.74, 6) is 0.883. The lowest BCUT2D eigenvalue weighted by Crippen LogP contribution is -2.45. The maximum Gasteiger partial charge on any atom is 0.317 e. The molecule has 2 atom stereocenters. The molecule has 3 rings (SSSR count). The summed E-state index contributed by atoms with van der Waals surface area (Å²) in [5, 5.41) is 3.21. The van der Waals surface area contributed by atoms with Crippen molar-refractivity contribution in [3.05, 3.63) is 30.1 Å². The minimum absolute atomic E-state index is 0.0204. The first-order valence-corrected chi connectivity index (χ1v) is 9.29. The van der Waals surface area contributed by atoms with Gasteiger partial charge in [0.05, 0.1) is 6.04 Å². The highest BCUT2D eigenvalue weighted by molar-refractivity contribution is 5.74. The zero-order valence-electron chi connectivity index (χ0n) is 14.9. The third-order valence-electron chi connectivity index (χ3n) is 5.68. The van der Waals surface area contributed by atoms with Crippen LogP contribution in [0.1, 0.15) is 50.6 Å². The highest BCUT2D eigenvalue weighted by atomic mass is 16.2. The van der Waals surface area contributed by atoms with Crippen LogP contribution in [0.2, 0.25) is 0 Å². The van der Waals surface area contributed by atoms with E-state index in [1.54, 1.807) is 17.3 Å². The number of hydrogen-bond acceptors (Lipinski definition) is 3. The van der Waals surface area contributed by atoms with Crippen LogP contribution in [0.4, 0.5) is 4.79 Å². The molecule has 1 aromatic heterocycles. The Kier molecular flexibility index (Phi) is 5.72. The first-order valence-electron chi connectivity index (χ1n) is 9.29. The highest BCUT2D eigenvalue weighted by Crippen LogP contribution is 2.26. The number of likely N-dealkylation sites (tertiary alicyclic amines) is 1. The van der Waals surface area contributed by atoms with Crippen LogP contribution in [0.3, 0.4) is 0 Å². The molecule has 5 heteroatoms. The van der Waals surface area contributed by atoms with Crippen LogP contribution < -0.4 is 5.32 Å². The molecule has 0 unspecified atom stereocenters. The summed E-state index contributed by atoms with van der Waals surface area (Å²) in [6.45, 7) is 5.39. The van der Waals surface area contributed by atoms with Crippen molar-refractivity contribution in [1.29, 1.82) is 0 Å². The Labute approximate surface area is 145 Å². The summed E-state index contributed by atoms with van der Waals surface area (Å²) >= 11 is 0. The van der Waals surface area contributed by atoms with Gasteiger partial charge in [0.25, 0.3) is 0 Å². The van der Waals surface area contributed by atoms with Gasteiger partial charge in [-0.2, -0.15) is 0 Å². The van der Waals surface area contributed by atoms with Crippen LogP contribution in [-0.2, 0) is 0 Å². The minimum atomic E-state index is 0.0204. The molecule has 1 aliphatic carbocycles. The standard InChI is InChI=1S/C19H30N4O/c1-15(17-7-10-20-11-8-17)22(2)19(24)21-18-9-12-23(14-18)13-16-5-3-4-6-16/h7-8,10-11,15-16,18H,3-6,9,12-14H2,1-2H3,(H,21,24)/t15-,18-/m1/s1. The maximum atomic E-state index is 12.5. The van der Waals surface area contributed by atoms with Gasteiger partial charge in [-0.3, -0.25) is 4.98 Å². The van der Waals surface area contributed by atoms with Gasteiger partial charge >= 0.3 is 6.03 Å². The lowest BCUT2D eigenvalue weighted by Gasteiger charge is -2.27. The van der Waals surface area contributed by atoms with Crippen molar-refractivity contribution >= 4 is 6.03 Å². The molecule has 1 aromatic rings. The summed E-state index contributed by atoms with van der Waals surface area (Å²) in [4.78, 5) is 20.9. The van der Waals surface area contributed by atoms with E-state index >= 15 is 0 Å². The van der Waals surface area contributed by atoms with E-state index in [-0.39, 0.29) is 18.1 Å². The van der Waals surface area contributed by atoms with Gasteiger partial charge in [0.15, 0.2) is 0 Å². The zero-order valence-corrected chi connectivity index (χ0v) is 14.9. The summed E-state index contributed by atoms with van der Waals surface area (Å²) < 4.78 is 0. The summed E-state index contributed by atoms with van der Waals surface area (Å²) in [7, 11) is 1.87. The molecule has 1 aliphatic heterocycles. The molecule has 1 N–H and O–H groups in total. The number of aromatic nitrogens is 1. The third kappa shape index (κ3) is 4.26. The van der Waals surface area contributed by atoms with Crippen LogP contribution in [0.15, 0.2) is 24.5 Å². The SMILES string of the molecule is C[C@H](c1ccncc1)N(C)C(=O)N[C@@H]1CCN(CC2CCCC2)C1. The normalized spacial score (nSPS) is 23.3. The molecule has 0 radical (unpaired) electrons. The second-order valence-corrected chi connectivity index (χ2v) is 7.41. The van der Waals surface area contributed by atoms with Gasteiger partial charge in [-0.05, 0) is 49.8 Å². The summed E-state index contributed by atoms with van der Waals surface area (Å²) in [6, 6.07) is 4.28. The van der Waals surface area contributed by atoms with E-state index in [9.17, 15) is 4.79 Å². The smallest absolute Gasteiger partial charge is 0.317 e. The van der Waals surface area contributed by atoms with Crippen molar-refractivity contribution in [2.75, 3.05) is 26.7 Å². The van der Waals surface area contributed by atoms with E-state index in [4.69, 9.17) is 0 Å². The predicted octanol–water partition coefficient (Wildman–Crippen LogP) is 3.05. The van der Waals surface area contributed by atoms with E-state index in [0.29, 0.717) is 0 Å². The molecular weight excluding hydrogens is 300 g/mol. The Morgan fingerprint density at radius 3 is 2.75 bits per heavy atom. The molecule has 0 spiro atoms. The summed E-state index contributed by atoms with van der Waals surface area (Å²) in [5.41, 5.74) is 1.11. The first-order chi connectivity index (χ1) is 11.6. The number of carbonyl (C=O) groups is 1. The van der Waals surface area contributed by atoms with Gasteiger partial charge in [-0.25, -0.2) is 4.79 Å². The average Bonchev–Trinajstić information content (AvgIpc) is 3.27. The number of urea groups is 1. The van der Waals surface area contributed by atoms with Gasteiger partial charge < -0.3 is 15.1 Å². The monoisotopic (exact) mass is 330 g/mol. The van der Waals surface area contributed by atoms with Crippen LogP contribution in [0.5, 0.6) is 0 Å². The molecule has 2 amide bonds. The number of carbonyl (C=O) groups excluding carboxylic acids is 1. The largest absolute Gasteiger partial charge is 0.334 e. The van der Waals surface area contributed by atoms with E-state index in [1.165, 1.54) is 32.2 Å². The molecule has 2 fully saturated rings.